The van der Waals surface area contributed by atoms with E-state index in [-0.39, 0.29) is 18.9 Å². The molecule has 0 saturated heterocycles. The number of alkyl carbamates (subject to hydrolysis) is 1. The molecule has 32 heavy (non-hydrogen) atoms. The van der Waals surface area contributed by atoms with Crippen molar-refractivity contribution in [3.8, 4) is 11.1 Å². The number of hydrogen-bond acceptors (Lipinski definition) is 4. The summed E-state index contributed by atoms with van der Waals surface area (Å²) in [5, 5.41) is 14.2. The molecule has 7 nitrogen and oxygen atoms in total. The van der Waals surface area contributed by atoms with Gasteiger partial charge in [0.15, 0.2) is 0 Å². The molecule has 0 aliphatic heterocycles. The predicted molar refractivity (Wildman–Crippen MR) is 121 cm³/mol. The predicted octanol–water partition coefficient (Wildman–Crippen LogP) is 4.06. The number of nitrogens with one attached hydrogen (secondary N) is 2. The van der Waals surface area contributed by atoms with E-state index in [0.717, 1.165) is 35.1 Å². The van der Waals surface area contributed by atoms with E-state index in [0.29, 0.717) is 6.42 Å². The van der Waals surface area contributed by atoms with Crippen molar-refractivity contribution in [2.24, 2.45) is 0 Å². The van der Waals surface area contributed by atoms with E-state index in [1.807, 2.05) is 43.3 Å². The third-order valence-corrected chi connectivity index (χ3v) is 5.67. The highest BCUT2D eigenvalue weighted by Gasteiger charge is 2.30. The molecule has 0 bridgehead atoms. The van der Waals surface area contributed by atoms with Crippen LogP contribution in [0.3, 0.4) is 0 Å². The van der Waals surface area contributed by atoms with Gasteiger partial charge in [-0.3, -0.25) is 9.59 Å². The maximum absolute atomic E-state index is 12.6. The van der Waals surface area contributed by atoms with Gasteiger partial charge in [-0.15, -0.1) is 0 Å². The quantitative estimate of drug-likeness (QED) is 0.519. The van der Waals surface area contributed by atoms with Crippen molar-refractivity contribution >= 4 is 18.0 Å². The van der Waals surface area contributed by atoms with Gasteiger partial charge in [0, 0.05) is 12.0 Å². The standard InChI is InChI=1S/C25H30N2O5/c1-3-4-13-22(24(30)26-16(2)14-23(28)29)27-25(31)32-15-21-19-11-7-5-9-17(19)18-10-6-8-12-20(18)21/h5-12,16,21-22H,3-4,13-15H2,1-2H3,(H,26,30)(H,27,31)(H,28,29). The number of carbonyl (C=O) groups excluding carboxylic acids is 2. The zero-order valence-electron chi connectivity index (χ0n) is 18.5. The minimum atomic E-state index is -0.993. The second-order valence-corrected chi connectivity index (χ2v) is 8.17. The molecule has 0 spiro atoms. The highest BCUT2D eigenvalue weighted by Crippen LogP contribution is 2.44. The van der Waals surface area contributed by atoms with Gasteiger partial charge in [0.05, 0.1) is 6.42 Å². The fourth-order valence-corrected chi connectivity index (χ4v) is 4.12. The van der Waals surface area contributed by atoms with E-state index in [1.165, 1.54) is 0 Å². The van der Waals surface area contributed by atoms with Crippen molar-refractivity contribution in [1.82, 2.24) is 10.6 Å². The maximum atomic E-state index is 12.6. The molecule has 2 atom stereocenters. The Bertz CT molecular complexity index is 929. The topological polar surface area (TPSA) is 105 Å². The summed E-state index contributed by atoms with van der Waals surface area (Å²) in [6.07, 6.45) is 1.22. The minimum absolute atomic E-state index is 0.0633. The van der Waals surface area contributed by atoms with Crippen LogP contribution in [-0.2, 0) is 14.3 Å². The van der Waals surface area contributed by atoms with Gasteiger partial charge in [0.1, 0.15) is 12.6 Å². The summed E-state index contributed by atoms with van der Waals surface area (Å²) in [4.78, 5) is 36.0. The molecule has 0 aromatic heterocycles. The lowest BCUT2D eigenvalue weighted by Gasteiger charge is -2.21. The van der Waals surface area contributed by atoms with E-state index in [1.54, 1.807) is 6.92 Å². The Hall–Kier alpha value is -3.35. The molecule has 2 amide bonds. The molecular weight excluding hydrogens is 408 g/mol. The van der Waals surface area contributed by atoms with Gasteiger partial charge in [-0.1, -0.05) is 68.3 Å². The Morgan fingerprint density at radius 3 is 2.16 bits per heavy atom. The van der Waals surface area contributed by atoms with Gasteiger partial charge in [-0.05, 0) is 35.6 Å². The van der Waals surface area contributed by atoms with Gasteiger partial charge in [-0.25, -0.2) is 4.79 Å². The number of rotatable bonds is 10. The van der Waals surface area contributed by atoms with Crippen molar-refractivity contribution in [2.75, 3.05) is 6.61 Å². The van der Waals surface area contributed by atoms with Crippen molar-refractivity contribution in [1.29, 1.82) is 0 Å². The summed E-state index contributed by atoms with van der Waals surface area (Å²) in [6, 6.07) is 14.8. The van der Waals surface area contributed by atoms with Crippen LogP contribution >= 0.6 is 0 Å². The van der Waals surface area contributed by atoms with Gasteiger partial charge in [0.25, 0.3) is 0 Å². The molecule has 1 aliphatic carbocycles. The van der Waals surface area contributed by atoms with E-state index in [2.05, 4.69) is 22.8 Å². The van der Waals surface area contributed by atoms with Crippen LogP contribution in [0.15, 0.2) is 48.5 Å². The van der Waals surface area contributed by atoms with E-state index < -0.39 is 30.1 Å². The molecule has 170 valence electrons. The summed E-state index contributed by atoms with van der Waals surface area (Å²) < 4.78 is 5.55. The number of benzene rings is 2. The number of hydrogen-bond donors (Lipinski definition) is 3. The van der Waals surface area contributed by atoms with Gasteiger partial charge >= 0.3 is 12.1 Å². The fourth-order valence-electron chi connectivity index (χ4n) is 4.12. The first-order chi connectivity index (χ1) is 15.4. The van der Waals surface area contributed by atoms with Crippen molar-refractivity contribution in [2.45, 2.75) is 57.5 Å². The molecule has 2 aromatic rings. The minimum Gasteiger partial charge on any atom is -0.481 e. The summed E-state index contributed by atoms with van der Waals surface area (Å²) in [7, 11) is 0. The van der Waals surface area contributed by atoms with Crippen molar-refractivity contribution < 1.29 is 24.2 Å². The number of unbranched alkanes of at least 4 members (excludes halogenated alkanes) is 1. The fraction of sp³-hybridized carbons (Fsp3) is 0.400. The molecule has 3 rings (SSSR count). The number of carbonyl (C=O) groups is 3. The van der Waals surface area contributed by atoms with Crippen molar-refractivity contribution in [3.05, 3.63) is 59.7 Å². The first-order valence-electron chi connectivity index (χ1n) is 11.0. The Kier molecular flexibility index (Phi) is 7.87. The van der Waals surface area contributed by atoms with Gasteiger partial charge in [-0.2, -0.15) is 0 Å². The number of carboxylic acid groups (broad SMARTS) is 1. The Labute approximate surface area is 188 Å². The van der Waals surface area contributed by atoms with Crippen LogP contribution in [0.5, 0.6) is 0 Å². The monoisotopic (exact) mass is 438 g/mol. The Balaban J connectivity index is 1.63. The van der Waals surface area contributed by atoms with Crippen LogP contribution in [0, 0.1) is 0 Å². The van der Waals surface area contributed by atoms with E-state index >= 15 is 0 Å². The molecule has 0 radical (unpaired) electrons. The molecule has 0 fully saturated rings. The lowest BCUT2D eigenvalue weighted by atomic mass is 9.98. The Morgan fingerprint density at radius 1 is 1.00 bits per heavy atom. The average molecular weight is 439 g/mol. The van der Waals surface area contributed by atoms with Crippen LogP contribution in [0.4, 0.5) is 4.79 Å². The smallest absolute Gasteiger partial charge is 0.407 e. The first-order valence-corrected chi connectivity index (χ1v) is 11.0. The van der Waals surface area contributed by atoms with E-state index in [9.17, 15) is 14.4 Å². The molecule has 2 unspecified atom stereocenters. The molecule has 3 N–H and O–H groups in total. The summed E-state index contributed by atoms with van der Waals surface area (Å²) in [5.74, 6) is -1.46. The number of amides is 2. The zero-order chi connectivity index (χ0) is 23.1. The van der Waals surface area contributed by atoms with E-state index in [4.69, 9.17) is 9.84 Å². The summed E-state index contributed by atoms with van der Waals surface area (Å²) in [6.45, 7) is 3.78. The molecular formula is C25H30N2O5. The normalized spacial score (nSPS) is 14.1. The van der Waals surface area contributed by atoms with Crippen LogP contribution < -0.4 is 10.6 Å². The SMILES string of the molecule is CCCCC(NC(=O)OCC1c2ccccc2-c2ccccc21)C(=O)NC(C)CC(=O)O. The molecule has 0 heterocycles. The zero-order valence-corrected chi connectivity index (χ0v) is 18.5. The highest BCUT2D eigenvalue weighted by molar-refractivity contribution is 5.86. The number of carboxylic acids is 1. The van der Waals surface area contributed by atoms with Gasteiger partial charge in [0.2, 0.25) is 5.91 Å². The van der Waals surface area contributed by atoms with Crippen LogP contribution in [0.1, 0.15) is 56.6 Å². The maximum Gasteiger partial charge on any atom is 0.407 e. The second kappa shape index (κ2) is 10.8. The largest absolute Gasteiger partial charge is 0.481 e. The van der Waals surface area contributed by atoms with Crippen LogP contribution in [0.2, 0.25) is 0 Å². The number of aliphatic carboxylic acids is 1. The molecule has 0 saturated carbocycles. The third-order valence-electron chi connectivity index (χ3n) is 5.67. The molecule has 1 aliphatic rings. The number of ether oxygens (including phenoxy) is 1. The Morgan fingerprint density at radius 2 is 1.59 bits per heavy atom. The van der Waals surface area contributed by atoms with Gasteiger partial charge < -0.3 is 20.5 Å². The first kappa shape index (κ1) is 23.3. The number of fused-ring (bicyclic) bond motifs is 3. The van der Waals surface area contributed by atoms with Crippen LogP contribution in [-0.4, -0.2) is 41.8 Å². The van der Waals surface area contributed by atoms with Crippen LogP contribution in [0.25, 0.3) is 11.1 Å². The van der Waals surface area contributed by atoms with Crippen molar-refractivity contribution in [3.63, 3.8) is 0 Å². The highest BCUT2D eigenvalue weighted by atomic mass is 16.5. The average Bonchev–Trinajstić information content (AvgIpc) is 3.08. The summed E-state index contributed by atoms with van der Waals surface area (Å²) in [5.41, 5.74) is 4.52. The molecule has 2 aromatic carbocycles. The second-order valence-electron chi connectivity index (χ2n) is 8.17. The molecule has 7 heteroatoms. The lowest BCUT2D eigenvalue weighted by molar-refractivity contribution is -0.137. The summed E-state index contributed by atoms with van der Waals surface area (Å²) >= 11 is 0. The lowest BCUT2D eigenvalue weighted by Crippen LogP contribution is -2.49. The third kappa shape index (κ3) is 5.66.